The molecular formula is C23H35N7O8. The van der Waals surface area contributed by atoms with Gasteiger partial charge in [-0.25, -0.2) is 4.79 Å². The average Bonchev–Trinajstić information content (AvgIpc) is 2.84. The number of benzene rings is 1. The second kappa shape index (κ2) is 15.7. The average molecular weight is 538 g/mol. The van der Waals surface area contributed by atoms with Gasteiger partial charge in [0.25, 0.3) is 0 Å². The molecular weight excluding hydrogens is 502 g/mol. The number of aromatic hydroxyl groups is 1. The van der Waals surface area contributed by atoms with E-state index >= 15 is 0 Å². The van der Waals surface area contributed by atoms with Gasteiger partial charge >= 0.3 is 11.9 Å². The van der Waals surface area contributed by atoms with Crippen LogP contribution in [-0.2, 0) is 30.4 Å². The summed E-state index contributed by atoms with van der Waals surface area (Å²) in [6.45, 7) is 1.56. The van der Waals surface area contributed by atoms with Gasteiger partial charge in [0.05, 0.1) is 6.04 Å². The predicted octanol–water partition coefficient (Wildman–Crippen LogP) is -2.26. The summed E-state index contributed by atoms with van der Waals surface area (Å²) in [6.07, 6.45) is -0.209. The summed E-state index contributed by atoms with van der Waals surface area (Å²) in [5.74, 6) is -4.99. The molecule has 0 fully saturated rings. The van der Waals surface area contributed by atoms with Crippen LogP contribution in [0.3, 0.4) is 0 Å². The number of aliphatic carboxylic acids is 2. The Bertz CT molecular complexity index is 1010. The first kappa shape index (κ1) is 31.6. The maximum Gasteiger partial charge on any atom is 0.326 e. The van der Waals surface area contributed by atoms with Crippen LogP contribution in [-0.4, -0.2) is 81.7 Å². The Balaban J connectivity index is 2.90. The zero-order chi connectivity index (χ0) is 28.8. The van der Waals surface area contributed by atoms with Crippen molar-refractivity contribution in [3.8, 4) is 5.75 Å². The molecule has 0 spiro atoms. The van der Waals surface area contributed by atoms with Crippen molar-refractivity contribution in [2.24, 2.45) is 22.2 Å². The first-order valence-electron chi connectivity index (χ1n) is 11.7. The lowest BCUT2D eigenvalue weighted by atomic mass is 10.0. The van der Waals surface area contributed by atoms with Crippen LogP contribution in [0.2, 0.25) is 0 Å². The van der Waals surface area contributed by atoms with Crippen LogP contribution in [0.5, 0.6) is 5.75 Å². The van der Waals surface area contributed by atoms with Gasteiger partial charge in [0.2, 0.25) is 17.7 Å². The minimum atomic E-state index is -1.47. The number of phenols is 1. The largest absolute Gasteiger partial charge is 0.508 e. The number of nitrogens with two attached hydrogens (primary N) is 3. The van der Waals surface area contributed by atoms with Gasteiger partial charge in [-0.3, -0.25) is 24.2 Å². The highest BCUT2D eigenvalue weighted by molar-refractivity contribution is 5.94. The van der Waals surface area contributed by atoms with Crippen LogP contribution >= 0.6 is 0 Å². The number of aliphatic imine (C=N–C) groups is 1. The summed E-state index contributed by atoms with van der Waals surface area (Å²) >= 11 is 0. The number of carbonyl (C=O) groups is 5. The van der Waals surface area contributed by atoms with Crippen LogP contribution in [0.1, 0.15) is 38.2 Å². The van der Waals surface area contributed by atoms with Gasteiger partial charge in [-0.05, 0) is 43.9 Å². The van der Waals surface area contributed by atoms with E-state index in [2.05, 4.69) is 20.9 Å². The molecule has 4 atom stereocenters. The Morgan fingerprint density at radius 1 is 0.895 bits per heavy atom. The number of rotatable bonds is 16. The lowest BCUT2D eigenvalue weighted by Crippen LogP contribution is -2.56. The van der Waals surface area contributed by atoms with Crippen LogP contribution in [0.4, 0.5) is 0 Å². The van der Waals surface area contributed by atoms with Gasteiger partial charge in [-0.1, -0.05) is 12.1 Å². The van der Waals surface area contributed by atoms with Gasteiger partial charge in [-0.2, -0.15) is 0 Å². The van der Waals surface area contributed by atoms with Crippen molar-refractivity contribution >= 4 is 35.6 Å². The molecule has 4 unspecified atom stereocenters. The number of phenolic OH excluding ortho intramolecular Hbond substituents is 1. The molecule has 3 amide bonds. The monoisotopic (exact) mass is 537 g/mol. The first-order valence-corrected chi connectivity index (χ1v) is 11.7. The Hall–Kier alpha value is -4.40. The molecule has 0 aliphatic carbocycles. The summed E-state index contributed by atoms with van der Waals surface area (Å²) in [4.78, 5) is 64.1. The number of carboxylic acid groups (broad SMARTS) is 2. The van der Waals surface area contributed by atoms with E-state index in [0.29, 0.717) is 12.0 Å². The molecule has 1 rings (SSSR count). The molecule has 1 aromatic carbocycles. The molecule has 0 aliphatic rings. The smallest absolute Gasteiger partial charge is 0.326 e. The number of nitrogens with zero attached hydrogens (tertiary/aromatic N) is 1. The summed E-state index contributed by atoms with van der Waals surface area (Å²) in [6, 6.07) is 1.06. The number of nitrogens with one attached hydrogen (secondary N) is 3. The molecule has 0 saturated heterocycles. The fourth-order valence-electron chi connectivity index (χ4n) is 3.21. The number of hydrogen-bond donors (Lipinski definition) is 9. The summed E-state index contributed by atoms with van der Waals surface area (Å²) in [7, 11) is 0. The molecule has 0 bridgehead atoms. The number of carbonyl (C=O) groups excluding carboxylic acids is 3. The summed E-state index contributed by atoms with van der Waals surface area (Å²) in [5, 5.41) is 34.7. The number of hydrogen-bond acceptors (Lipinski definition) is 8. The van der Waals surface area contributed by atoms with Crippen molar-refractivity contribution in [3.05, 3.63) is 29.8 Å². The van der Waals surface area contributed by atoms with Crippen LogP contribution in [0.25, 0.3) is 0 Å². The minimum Gasteiger partial charge on any atom is -0.508 e. The molecule has 0 saturated carbocycles. The lowest BCUT2D eigenvalue weighted by Gasteiger charge is -2.23. The van der Waals surface area contributed by atoms with E-state index in [1.54, 1.807) is 12.1 Å². The van der Waals surface area contributed by atoms with Crippen molar-refractivity contribution in [1.82, 2.24) is 16.0 Å². The van der Waals surface area contributed by atoms with Crippen LogP contribution in [0, 0.1) is 0 Å². The van der Waals surface area contributed by atoms with Crippen molar-refractivity contribution in [1.29, 1.82) is 0 Å². The van der Waals surface area contributed by atoms with Crippen LogP contribution < -0.4 is 33.2 Å². The van der Waals surface area contributed by atoms with Gasteiger partial charge in [0.15, 0.2) is 5.96 Å². The summed E-state index contributed by atoms with van der Waals surface area (Å²) in [5.41, 5.74) is 17.0. The maximum absolute atomic E-state index is 13.0. The zero-order valence-corrected chi connectivity index (χ0v) is 20.9. The van der Waals surface area contributed by atoms with E-state index in [0.717, 1.165) is 0 Å². The van der Waals surface area contributed by atoms with Crippen molar-refractivity contribution in [2.75, 3.05) is 6.54 Å². The third kappa shape index (κ3) is 12.0. The van der Waals surface area contributed by atoms with Crippen molar-refractivity contribution in [3.63, 3.8) is 0 Å². The van der Waals surface area contributed by atoms with E-state index in [1.807, 2.05) is 0 Å². The van der Waals surface area contributed by atoms with E-state index in [1.165, 1.54) is 19.1 Å². The number of carboxylic acids is 2. The topological polar surface area (TPSA) is 273 Å². The van der Waals surface area contributed by atoms with Crippen LogP contribution in [0.15, 0.2) is 29.3 Å². The van der Waals surface area contributed by atoms with Gasteiger partial charge in [0.1, 0.15) is 23.9 Å². The highest BCUT2D eigenvalue weighted by Crippen LogP contribution is 2.12. The fraction of sp³-hybridized carbons (Fsp3) is 0.478. The molecule has 15 nitrogen and oxygen atoms in total. The standard InChI is InChI=1S/C23H35N7O8/c1-12(19(34)29-16(22(37)38)8-9-18(32)33)28-21(36)17(11-13-4-6-14(31)7-5-13)30-20(35)15(24)3-2-10-27-23(25)26/h4-7,12,15-17,31H,2-3,8-11,24H2,1H3,(H,28,36)(H,29,34)(H,30,35)(H,32,33)(H,37,38)(H4,25,26,27). The Morgan fingerprint density at radius 2 is 1.50 bits per heavy atom. The Kier molecular flexibility index (Phi) is 13.0. The third-order valence-electron chi connectivity index (χ3n) is 5.33. The van der Waals surface area contributed by atoms with Crippen molar-refractivity contribution < 1.29 is 39.3 Å². The molecule has 210 valence electrons. The highest BCUT2D eigenvalue weighted by atomic mass is 16.4. The second-order valence-electron chi connectivity index (χ2n) is 8.55. The Labute approximate surface area is 218 Å². The third-order valence-corrected chi connectivity index (χ3v) is 5.33. The predicted molar refractivity (Wildman–Crippen MR) is 136 cm³/mol. The van der Waals surface area contributed by atoms with Gasteiger partial charge in [0, 0.05) is 19.4 Å². The SMILES string of the molecule is CC(NC(=O)C(Cc1ccc(O)cc1)NC(=O)C(N)CCCN=C(N)N)C(=O)NC(CCC(=O)O)C(=O)O. The fourth-order valence-corrected chi connectivity index (χ4v) is 3.21. The lowest BCUT2D eigenvalue weighted by molar-refractivity contribution is -0.143. The second-order valence-corrected chi connectivity index (χ2v) is 8.55. The number of amides is 3. The van der Waals surface area contributed by atoms with Gasteiger partial charge in [-0.15, -0.1) is 0 Å². The molecule has 0 aromatic heterocycles. The molecule has 0 heterocycles. The normalized spacial score (nSPS) is 13.7. The zero-order valence-electron chi connectivity index (χ0n) is 20.9. The highest BCUT2D eigenvalue weighted by Gasteiger charge is 2.28. The van der Waals surface area contributed by atoms with E-state index in [9.17, 15) is 34.2 Å². The molecule has 0 radical (unpaired) electrons. The molecule has 15 heteroatoms. The molecule has 1 aromatic rings. The Morgan fingerprint density at radius 3 is 2.05 bits per heavy atom. The van der Waals surface area contributed by atoms with Gasteiger partial charge < -0.3 is 48.5 Å². The summed E-state index contributed by atoms with van der Waals surface area (Å²) < 4.78 is 0. The molecule has 38 heavy (non-hydrogen) atoms. The van der Waals surface area contributed by atoms with E-state index < -0.39 is 60.2 Å². The quantitative estimate of drug-likeness (QED) is 0.0616. The maximum atomic E-state index is 13.0. The van der Waals surface area contributed by atoms with Crippen molar-refractivity contribution in [2.45, 2.75) is 63.2 Å². The van der Waals surface area contributed by atoms with E-state index in [-0.39, 0.29) is 37.5 Å². The first-order chi connectivity index (χ1) is 17.8. The molecule has 0 aliphatic heterocycles. The molecule has 12 N–H and O–H groups in total. The minimum absolute atomic E-state index is 0.00256. The number of guanidine groups is 1. The van der Waals surface area contributed by atoms with E-state index in [4.69, 9.17) is 22.3 Å².